The van der Waals surface area contributed by atoms with Crippen LogP contribution in [0.25, 0.3) is 6.08 Å². The molecule has 0 aliphatic heterocycles. The lowest BCUT2D eigenvalue weighted by Gasteiger charge is -2.11. The summed E-state index contributed by atoms with van der Waals surface area (Å²) in [5.74, 6) is 0.665. The SMILES string of the molecule is O=C(/C=C/c1ccco1)NCc1cccc(NC(=O)C2CCCC2)c1. The summed E-state index contributed by atoms with van der Waals surface area (Å²) in [6.07, 6.45) is 8.83. The van der Waals surface area contributed by atoms with E-state index in [1.807, 2.05) is 24.3 Å². The molecule has 0 bridgehead atoms. The highest BCUT2D eigenvalue weighted by molar-refractivity contribution is 5.93. The molecule has 2 N–H and O–H groups in total. The minimum absolute atomic E-state index is 0.0973. The standard InChI is InChI=1S/C20H22N2O3/c23-19(11-10-18-9-4-12-25-18)21-14-15-5-3-8-17(13-15)22-20(24)16-6-1-2-7-16/h3-5,8-13,16H,1-2,6-7,14H2,(H,21,23)(H,22,24)/b11-10+. The first-order valence-electron chi connectivity index (χ1n) is 8.60. The van der Waals surface area contributed by atoms with Gasteiger partial charge in [-0.3, -0.25) is 9.59 Å². The van der Waals surface area contributed by atoms with Gasteiger partial charge in [-0.15, -0.1) is 0 Å². The largest absolute Gasteiger partial charge is 0.465 e. The van der Waals surface area contributed by atoms with Crippen LogP contribution < -0.4 is 10.6 Å². The van der Waals surface area contributed by atoms with Gasteiger partial charge in [0.2, 0.25) is 11.8 Å². The van der Waals surface area contributed by atoms with Crippen LogP contribution >= 0.6 is 0 Å². The Balaban J connectivity index is 1.51. The third-order valence-corrected chi connectivity index (χ3v) is 4.33. The first-order valence-corrected chi connectivity index (χ1v) is 8.60. The van der Waals surface area contributed by atoms with Gasteiger partial charge in [0.15, 0.2) is 0 Å². The van der Waals surface area contributed by atoms with Crippen LogP contribution in [0.3, 0.4) is 0 Å². The molecule has 5 nitrogen and oxygen atoms in total. The number of furan rings is 1. The number of amides is 2. The van der Waals surface area contributed by atoms with Crippen molar-refractivity contribution >= 4 is 23.6 Å². The molecular weight excluding hydrogens is 316 g/mol. The van der Waals surface area contributed by atoms with Crippen LogP contribution in [0.1, 0.15) is 37.0 Å². The van der Waals surface area contributed by atoms with Gasteiger partial charge in [0.25, 0.3) is 0 Å². The maximum atomic E-state index is 12.2. The maximum absolute atomic E-state index is 12.2. The van der Waals surface area contributed by atoms with Gasteiger partial charge >= 0.3 is 0 Å². The lowest BCUT2D eigenvalue weighted by molar-refractivity contribution is -0.119. The van der Waals surface area contributed by atoms with Crippen LogP contribution in [0.4, 0.5) is 5.69 Å². The predicted octanol–water partition coefficient (Wildman–Crippen LogP) is 3.74. The Morgan fingerprint density at radius 1 is 1.16 bits per heavy atom. The molecule has 2 aromatic rings. The first kappa shape index (κ1) is 17.0. The number of hydrogen-bond donors (Lipinski definition) is 2. The van der Waals surface area contributed by atoms with E-state index in [4.69, 9.17) is 4.42 Å². The van der Waals surface area contributed by atoms with Crippen LogP contribution in [-0.4, -0.2) is 11.8 Å². The zero-order valence-corrected chi connectivity index (χ0v) is 14.0. The van der Waals surface area contributed by atoms with Gasteiger partial charge in [-0.05, 0) is 48.7 Å². The summed E-state index contributed by atoms with van der Waals surface area (Å²) in [6, 6.07) is 11.1. The molecule has 1 aliphatic carbocycles. The number of carbonyl (C=O) groups excluding carboxylic acids is 2. The fraction of sp³-hybridized carbons (Fsp3) is 0.300. The minimum Gasteiger partial charge on any atom is -0.465 e. The normalized spacial score (nSPS) is 14.7. The minimum atomic E-state index is -0.197. The first-order chi connectivity index (χ1) is 12.2. The van der Waals surface area contributed by atoms with Crippen molar-refractivity contribution in [3.8, 4) is 0 Å². The van der Waals surface area contributed by atoms with Gasteiger partial charge in [-0.1, -0.05) is 25.0 Å². The zero-order valence-electron chi connectivity index (χ0n) is 14.0. The van der Waals surface area contributed by atoms with Crippen molar-refractivity contribution < 1.29 is 14.0 Å². The van der Waals surface area contributed by atoms with Crippen molar-refractivity contribution in [1.82, 2.24) is 5.32 Å². The molecule has 1 aliphatic rings. The summed E-state index contributed by atoms with van der Waals surface area (Å²) < 4.78 is 5.13. The molecule has 1 fully saturated rings. The van der Waals surface area contributed by atoms with Crippen molar-refractivity contribution in [1.29, 1.82) is 0 Å². The van der Waals surface area contributed by atoms with Crippen molar-refractivity contribution in [3.05, 3.63) is 60.1 Å². The molecule has 0 spiro atoms. The average molecular weight is 338 g/mol. The fourth-order valence-electron chi connectivity index (χ4n) is 2.98. The van der Waals surface area contributed by atoms with E-state index in [0.717, 1.165) is 36.9 Å². The molecule has 2 amide bonds. The van der Waals surface area contributed by atoms with Gasteiger partial charge < -0.3 is 15.1 Å². The highest BCUT2D eigenvalue weighted by Gasteiger charge is 2.22. The molecule has 3 rings (SSSR count). The molecule has 1 saturated carbocycles. The monoisotopic (exact) mass is 338 g/mol. The second-order valence-corrected chi connectivity index (χ2v) is 6.24. The maximum Gasteiger partial charge on any atom is 0.244 e. The van der Waals surface area contributed by atoms with Gasteiger partial charge in [0, 0.05) is 24.2 Å². The molecule has 0 unspecified atom stereocenters. The number of carbonyl (C=O) groups is 2. The molecule has 130 valence electrons. The third-order valence-electron chi connectivity index (χ3n) is 4.33. The molecule has 25 heavy (non-hydrogen) atoms. The van der Waals surface area contributed by atoms with Crippen LogP contribution in [0.5, 0.6) is 0 Å². The number of rotatable bonds is 6. The zero-order chi connectivity index (χ0) is 17.5. The predicted molar refractivity (Wildman–Crippen MR) is 96.6 cm³/mol. The Bertz CT molecular complexity index is 744. The Hall–Kier alpha value is -2.82. The van der Waals surface area contributed by atoms with Crippen molar-refractivity contribution in [3.63, 3.8) is 0 Å². The summed E-state index contributed by atoms with van der Waals surface area (Å²) >= 11 is 0. The van der Waals surface area contributed by atoms with Gasteiger partial charge in [0.1, 0.15) is 5.76 Å². The van der Waals surface area contributed by atoms with Crippen molar-refractivity contribution in [2.75, 3.05) is 5.32 Å². The summed E-state index contributed by atoms with van der Waals surface area (Å²) in [5.41, 5.74) is 1.71. The van der Waals surface area contributed by atoms with E-state index in [-0.39, 0.29) is 17.7 Å². The van der Waals surface area contributed by atoms with E-state index in [1.165, 1.54) is 6.08 Å². The molecule has 0 saturated heterocycles. The second kappa shape index (κ2) is 8.33. The van der Waals surface area contributed by atoms with E-state index in [0.29, 0.717) is 12.3 Å². The van der Waals surface area contributed by atoms with E-state index in [2.05, 4.69) is 10.6 Å². The lowest BCUT2D eigenvalue weighted by Crippen LogP contribution is -2.21. The summed E-state index contributed by atoms with van der Waals surface area (Å²) in [6.45, 7) is 0.397. The number of nitrogens with one attached hydrogen (secondary N) is 2. The summed E-state index contributed by atoms with van der Waals surface area (Å²) in [5, 5.41) is 5.79. The summed E-state index contributed by atoms with van der Waals surface area (Å²) in [4.78, 5) is 24.0. The number of anilines is 1. The molecule has 0 atom stereocenters. The topological polar surface area (TPSA) is 71.3 Å². The molecule has 1 aromatic heterocycles. The quantitative estimate of drug-likeness (QED) is 0.788. The highest BCUT2D eigenvalue weighted by Crippen LogP contribution is 2.26. The Morgan fingerprint density at radius 3 is 2.76 bits per heavy atom. The van der Waals surface area contributed by atoms with E-state index < -0.39 is 0 Å². The number of hydrogen-bond acceptors (Lipinski definition) is 3. The lowest BCUT2D eigenvalue weighted by atomic mass is 10.1. The summed E-state index contributed by atoms with van der Waals surface area (Å²) in [7, 11) is 0. The van der Waals surface area contributed by atoms with Gasteiger partial charge in [-0.25, -0.2) is 0 Å². The molecule has 5 heteroatoms. The molecule has 1 heterocycles. The van der Waals surface area contributed by atoms with E-state index >= 15 is 0 Å². The second-order valence-electron chi connectivity index (χ2n) is 6.24. The smallest absolute Gasteiger partial charge is 0.244 e. The van der Waals surface area contributed by atoms with E-state index in [9.17, 15) is 9.59 Å². The van der Waals surface area contributed by atoms with Crippen LogP contribution in [-0.2, 0) is 16.1 Å². The van der Waals surface area contributed by atoms with Gasteiger partial charge in [-0.2, -0.15) is 0 Å². The van der Waals surface area contributed by atoms with Crippen molar-refractivity contribution in [2.45, 2.75) is 32.2 Å². The van der Waals surface area contributed by atoms with Crippen LogP contribution in [0, 0.1) is 5.92 Å². The average Bonchev–Trinajstić information content (AvgIpc) is 3.32. The van der Waals surface area contributed by atoms with Crippen LogP contribution in [0.15, 0.2) is 53.2 Å². The third kappa shape index (κ3) is 5.08. The molecule has 0 radical (unpaired) electrons. The fourth-order valence-corrected chi connectivity index (χ4v) is 2.98. The van der Waals surface area contributed by atoms with Crippen LogP contribution in [0.2, 0.25) is 0 Å². The van der Waals surface area contributed by atoms with Gasteiger partial charge in [0.05, 0.1) is 6.26 Å². The van der Waals surface area contributed by atoms with Crippen molar-refractivity contribution in [2.24, 2.45) is 5.92 Å². The Morgan fingerprint density at radius 2 is 2.00 bits per heavy atom. The van der Waals surface area contributed by atoms with E-state index in [1.54, 1.807) is 24.5 Å². The Kier molecular flexibility index (Phi) is 5.67. The Labute approximate surface area is 147 Å². The molecule has 1 aromatic carbocycles. The highest BCUT2D eigenvalue weighted by atomic mass is 16.3. The molecular formula is C20H22N2O3. The number of benzene rings is 1.